The minimum absolute atomic E-state index is 0.0331. The first kappa shape index (κ1) is 21.1. The van der Waals surface area contributed by atoms with E-state index < -0.39 is 6.10 Å². The monoisotopic (exact) mass is 442 g/mol. The minimum Gasteiger partial charge on any atom is -0.391 e. The van der Waals surface area contributed by atoms with Crippen LogP contribution in [0.5, 0.6) is 0 Å². The molecule has 5 unspecified atom stereocenters. The molecule has 3 aliphatic rings. The fourth-order valence-corrected chi connectivity index (χ4v) is 4.96. The van der Waals surface area contributed by atoms with Crippen molar-refractivity contribution in [2.75, 3.05) is 13.2 Å². The molecular weight excluding hydrogens is 414 g/mol. The Hall–Kier alpha value is -1.76. The fraction of sp³-hybridized carbons (Fsp3) is 0.480. The molecule has 5 rings (SSSR count). The average molecular weight is 443 g/mol. The predicted octanol–water partition coefficient (Wildman–Crippen LogP) is 4.03. The van der Waals surface area contributed by atoms with Crippen LogP contribution in [0.2, 0.25) is 5.02 Å². The van der Waals surface area contributed by atoms with Gasteiger partial charge in [0.05, 0.1) is 37.9 Å². The molecule has 31 heavy (non-hydrogen) atoms. The number of halogens is 1. The molecule has 2 fully saturated rings. The quantitative estimate of drug-likeness (QED) is 0.710. The van der Waals surface area contributed by atoms with E-state index in [2.05, 4.69) is 42.0 Å². The summed E-state index contributed by atoms with van der Waals surface area (Å²) in [5.41, 5.74) is 3.67. The molecule has 5 nitrogen and oxygen atoms in total. The lowest BCUT2D eigenvalue weighted by Crippen LogP contribution is -2.45. The lowest BCUT2D eigenvalue weighted by atomic mass is 9.93. The molecule has 2 saturated heterocycles. The van der Waals surface area contributed by atoms with Crippen LogP contribution in [0.1, 0.15) is 31.7 Å². The Labute approximate surface area is 188 Å². The molecule has 0 saturated carbocycles. The summed E-state index contributed by atoms with van der Waals surface area (Å²) in [5.74, 6) is 0. The highest BCUT2D eigenvalue weighted by molar-refractivity contribution is 6.30. The summed E-state index contributed by atoms with van der Waals surface area (Å²) in [7, 11) is 0. The van der Waals surface area contributed by atoms with Gasteiger partial charge >= 0.3 is 0 Å². The van der Waals surface area contributed by atoms with Gasteiger partial charge in [-0.2, -0.15) is 0 Å². The molecule has 3 heterocycles. The molecule has 0 radical (unpaired) electrons. The van der Waals surface area contributed by atoms with Gasteiger partial charge in [0.2, 0.25) is 11.8 Å². The van der Waals surface area contributed by atoms with Crippen LogP contribution < -0.4 is 0 Å². The number of nitrogens with zero attached hydrogens (tertiary/aromatic N) is 1. The zero-order valence-electron chi connectivity index (χ0n) is 17.7. The van der Waals surface area contributed by atoms with Crippen molar-refractivity contribution >= 4 is 17.8 Å². The van der Waals surface area contributed by atoms with Crippen LogP contribution in [0.3, 0.4) is 0 Å². The third kappa shape index (κ3) is 4.86. The second-order valence-electron chi connectivity index (χ2n) is 9.03. The second-order valence-corrected chi connectivity index (χ2v) is 9.47. The predicted molar refractivity (Wildman–Crippen MR) is 120 cm³/mol. The summed E-state index contributed by atoms with van der Waals surface area (Å²) in [5, 5.41) is 10.6. The van der Waals surface area contributed by atoms with Crippen molar-refractivity contribution in [1.82, 2.24) is 0 Å². The number of aliphatic hydroxyl groups excluding tert-OH is 1. The molecule has 0 aromatic heterocycles. The third-order valence-electron chi connectivity index (χ3n) is 6.42. The van der Waals surface area contributed by atoms with E-state index in [1.54, 1.807) is 0 Å². The van der Waals surface area contributed by atoms with Gasteiger partial charge in [0.1, 0.15) is 0 Å². The standard InChI is InChI=1S/C25H29ClNO4/c1-17-11-25(12-24(30-17)31-23-10-22(28)14-29-15-23)16-27(25)13-18-2-4-19(5-3-18)20-6-8-21(26)9-7-20/h2-9,16-17,22-24,28H,10-15H2,1H3/q+1. The third-order valence-corrected chi connectivity index (χ3v) is 6.68. The molecule has 6 heteroatoms. The van der Waals surface area contributed by atoms with Crippen molar-refractivity contribution in [2.24, 2.45) is 0 Å². The van der Waals surface area contributed by atoms with Crippen LogP contribution in [0.15, 0.2) is 48.5 Å². The van der Waals surface area contributed by atoms with Crippen molar-refractivity contribution < 1.29 is 23.9 Å². The van der Waals surface area contributed by atoms with Crippen molar-refractivity contribution in [3.8, 4) is 11.1 Å². The van der Waals surface area contributed by atoms with Crippen LogP contribution in [-0.4, -0.2) is 59.3 Å². The van der Waals surface area contributed by atoms with E-state index in [4.69, 9.17) is 25.8 Å². The van der Waals surface area contributed by atoms with Gasteiger partial charge < -0.3 is 19.3 Å². The number of hydrogen-bond acceptors (Lipinski definition) is 4. The molecule has 2 aromatic rings. The maximum atomic E-state index is 9.82. The van der Waals surface area contributed by atoms with Gasteiger partial charge in [-0.15, -0.1) is 0 Å². The SMILES string of the molecule is CC1CC2(C=[N+]2Cc2ccc(-c3ccc(Cl)cc3)cc2)CC(OC2COCC(O)C2)O1. The van der Waals surface area contributed by atoms with Crippen LogP contribution in [0, 0.1) is 0 Å². The Kier molecular flexibility index (Phi) is 5.88. The summed E-state index contributed by atoms with van der Waals surface area (Å²) in [6, 6.07) is 16.7. The Morgan fingerprint density at radius 2 is 1.77 bits per heavy atom. The summed E-state index contributed by atoms with van der Waals surface area (Å²) < 4.78 is 20.0. The molecule has 2 aromatic carbocycles. The number of hydrogen-bond donors (Lipinski definition) is 1. The van der Waals surface area contributed by atoms with E-state index in [0.29, 0.717) is 19.6 Å². The summed E-state index contributed by atoms with van der Waals surface area (Å²) >= 11 is 6.00. The largest absolute Gasteiger partial charge is 0.391 e. The van der Waals surface area contributed by atoms with E-state index >= 15 is 0 Å². The number of ether oxygens (including phenoxy) is 3. The number of rotatable bonds is 5. The van der Waals surface area contributed by atoms with Gasteiger partial charge in [0, 0.05) is 23.4 Å². The smallest absolute Gasteiger partial charge is 0.245 e. The average Bonchev–Trinajstić information content (AvgIpc) is 3.38. The Balaban J connectivity index is 1.19. The van der Waals surface area contributed by atoms with Crippen LogP contribution in [0.4, 0.5) is 0 Å². The van der Waals surface area contributed by atoms with E-state index in [0.717, 1.165) is 24.4 Å². The molecule has 0 amide bonds. The van der Waals surface area contributed by atoms with Gasteiger partial charge in [0.25, 0.3) is 0 Å². The minimum atomic E-state index is -0.450. The summed E-state index contributed by atoms with van der Waals surface area (Å²) in [6.45, 7) is 3.90. The molecule has 0 bridgehead atoms. The molecule has 1 spiro atoms. The zero-order valence-corrected chi connectivity index (χ0v) is 18.5. The van der Waals surface area contributed by atoms with Gasteiger partial charge in [-0.05, 0) is 30.2 Å². The number of aliphatic hydroxyl groups is 1. The molecule has 3 aliphatic heterocycles. The maximum Gasteiger partial charge on any atom is 0.245 e. The first-order valence-corrected chi connectivity index (χ1v) is 11.4. The van der Waals surface area contributed by atoms with Crippen molar-refractivity contribution in [3.05, 3.63) is 59.1 Å². The van der Waals surface area contributed by atoms with Crippen LogP contribution in [0.25, 0.3) is 11.1 Å². The van der Waals surface area contributed by atoms with E-state index in [1.807, 2.05) is 24.3 Å². The van der Waals surface area contributed by atoms with Crippen molar-refractivity contribution in [1.29, 1.82) is 0 Å². The fourth-order valence-electron chi connectivity index (χ4n) is 4.84. The topological polar surface area (TPSA) is 50.9 Å². The summed E-state index contributed by atoms with van der Waals surface area (Å²) in [6.07, 6.45) is 4.01. The Morgan fingerprint density at radius 3 is 2.48 bits per heavy atom. The molecule has 5 atom stereocenters. The van der Waals surface area contributed by atoms with E-state index in [1.165, 1.54) is 16.7 Å². The molecule has 164 valence electrons. The van der Waals surface area contributed by atoms with Gasteiger partial charge in [0.15, 0.2) is 12.8 Å². The van der Waals surface area contributed by atoms with Crippen molar-refractivity contribution in [2.45, 2.75) is 62.9 Å². The van der Waals surface area contributed by atoms with Gasteiger partial charge in [-0.3, -0.25) is 0 Å². The van der Waals surface area contributed by atoms with Gasteiger partial charge in [-0.1, -0.05) is 48.0 Å². The van der Waals surface area contributed by atoms with Crippen LogP contribution >= 0.6 is 11.6 Å². The first-order valence-electron chi connectivity index (χ1n) is 11.0. The second kappa shape index (κ2) is 8.64. The lowest BCUT2D eigenvalue weighted by Gasteiger charge is -2.35. The highest BCUT2D eigenvalue weighted by Gasteiger charge is 2.60. The van der Waals surface area contributed by atoms with Crippen LogP contribution in [-0.2, 0) is 20.8 Å². The molecular formula is C25H29ClNO4+. The first-order chi connectivity index (χ1) is 15.0. The zero-order chi connectivity index (χ0) is 21.4. The Bertz CT molecular complexity index is 945. The maximum absolute atomic E-state index is 9.82. The van der Waals surface area contributed by atoms with E-state index in [9.17, 15) is 5.11 Å². The normalized spacial score (nSPS) is 32.7. The molecule has 0 aliphatic carbocycles. The van der Waals surface area contributed by atoms with Crippen molar-refractivity contribution in [3.63, 3.8) is 0 Å². The Morgan fingerprint density at radius 1 is 1.06 bits per heavy atom. The lowest BCUT2D eigenvalue weighted by molar-refractivity contribution is -0.534. The van der Waals surface area contributed by atoms with E-state index in [-0.39, 0.29) is 24.0 Å². The van der Waals surface area contributed by atoms with Gasteiger partial charge in [-0.25, -0.2) is 4.58 Å². The highest BCUT2D eigenvalue weighted by atomic mass is 35.5. The highest BCUT2D eigenvalue weighted by Crippen LogP contribution is 2.39. The molecule has 1 N–H and O–H groups in total. The summed E-state index contributed by atoms with van der Waals surface area (Å²) in [4.78, 5) is 0. The number of benzene rings is 2.